The Bertz CT molecular complexity index is 1060. The van der Waals surface area contributed by atoms with E-state index in [1.54, 1.807) is 64.1 Å². The molecule has 0 radical (unpaired) electrons. The van der Waals surface area contributed by atoms with Gasteiger partial charge in [-0.3, -0.25) is 9.59 Å². The Morgan fingerprint density at radius 1 is 1.00 bits per heavy atom. The third kappa shape index (κ3) is 4.51. The van der Waals surface area contributed by atoms with E-state index in [2.05, 4.69) is 0 Å². The van der Waals surface area contributed by atoms with Gasteiger partial charge in [0, 0.05) is 12.0 Å². The van der Waals surface area contributed by atoms with Crippen molar-refractivity contribution >= 4 is 17.7 Å². The van der Waals surface area contributed by atoms with E-state index in [1.807, 2.05) is 0 Å². The summed E-state index contributed by atoms with van der Waals surface area (Å²) < 4.78 is 4.99. The third-order valence-corrected chi connectivity index (χ3v) is 5.26. The van der Waals surface area contributed by atoms with E-state index in [0.717, 1.165) is 0 Å². The molecule has 1 unspecified atom stereocenters. The smallest absolute Gasteiger partial charge is 0.338 e. The highest BCUT2D eigenvalue weighted by Gasteiger charge is 2.45. The molecule has 168 valence electrons. The van der Waals surface area contributed by atoms with E-state index in [-0.39, 0.29) is 30.3 Å². The number of carbonyl (C=O) groups excluding carboxylic acids is 3. The number of amides is 1. The molecule has 1 atom stereocenters. The number of aromatic hydroxyl groups is 1. The molecule has 7 heteroatoms. The maximum atomic E-state index is 13.2. The van der Waals surface area contributed by atoms with Crippen LogP contribution in [-0.4, -0.2) is 39.4 Å². The van der Waals surface area contributed by atoms with Crippen molar-refractivity contribution in [1.29, 1.82) is 0 Å². The third-order valence-electron chi connectivity index (χ3n) is 5.26. The summed E-state index contributed by atoms with van der Waals surface area (Å²) in [5.41, 5.74) is 0.929. The second kappa shape index (κ2) is 8.86. The second-order valence-electron chi connectivity index (χ2n) is 8.69. The molecule has 0 bridgehead atoms. The lowest BCUT2D eigenvalue weighted by Gasteiger charge is -2.29. The van der Waals surface area contributed by atoms with Crippen LogP contribution in [-0.2, 0) is 20.9 Å². The first-order chi connectivity index (χ1) is 15.0. The van der Waals surface area contributed by atoms with Crippen LogP contribution in [0.2, 0.25) is 0 Å². The number of carbonyl (C=O) groups is 3. The average molecular weight is 437 g/mol. The van der Waals surface area contributed by atoms with Crippen molar-refractivity contribution in [2.75, 3.05) is 6.61 Å². The fourth-order valence-electron chi connectivity index (χ4n) is 3.61. The van der Waals surface area contributed by atoms with Gasteiger partial charge in [0.2, 0.25) is 0 Å². The summed E-state index contributed by atoms with van der Waals surface area (Å²) in [5, 5.41) is 20.3. The largest absolute Gasteiger partial charge is 0.508 e. The van der Waals surface area contributed by atoms with Crippen LogP contribution < -0.4 is 0 Å². The van der Waals surface area contributed by atoms with Gasteiger partial charge in [0.15, 0.2) is 11.5 Å². The predicted octanol–water partition coefficient (Wildman–Crippen LogP) is 4.08. The van der Waals surface area contributed by atoms with Crippen molar-refractivity contribution in [2.45, 2.75) is 40.3 Å². The van der Waals surface area contributed by atoms with E-state index in [1.165, 1.54) is 17.0 Å². The highest BCUT2D eigenvalue weighted by Crippen LogP contribution is 2.41. The quantitative estimate of drug-likeness (QED) is 0.660. The average Bonchev–Trinajstić information content (AvgIpc) is 2.98. The van der Waals surface area contributed by atoms with Crippen LogP contribution in [0.4, 0.5) is 0 Å². The molecule has 0 fully saturated rings. The Morgan fingerprint density at radius 3 is 2.12 bits per heavy atom. The topological polar surface area (TPSA) is 104 Å². The zero-order valence-electron chi connectivity index (χ0n) is 18.6. The van der Waals surface area contributed by atoms with Gasteiger partial charge in [-0.2, -0.15) is 0 Å². The van der Waals surface area contributed by atoms with Gasteiger partial charge < -0.3 is 19.8 Å². The van der Waals surface area contributed by atoms with Gasteiger partial charge in [0.25, 0.3) is 5.91 Å². The highest BCUT2D eigenvalue weighted by atomic mass is 16.5. The number of ether oxygens (including phenoxy) is 1. The molecule has 2 aromatic carbocycles. The number of aliphatic hydroxyl groups excluding tert-OH is 1. The molecule has 32 heavy (non-hydrogen) atoms. The molecule has 1 aliphatic rings. The Morgan fingerprint density at radius 2 is 1.59 bits per heavy atom. The van der Waals surface area contributed by atoms with Crippen LogP contribution in [0.25, 0.3) is 0 Å². The van der Waals surface area contributed by atoms with Gasteiger partial charge >= 0.3 is 5.97 Å². The number of ketones is 1. The number of Topliss-reactive ketones (excluding diaryl/α,β-unsaturated/α-hetero) is 1. The number of phenols is 1. The Balaban J connectivity index is 1.99. The molecule has 1 heterocycles. The van der Waals surface area contributed by atoms with Crippen molar-refractivity contribution in [3.63, 3.8) is 0 Å². The minimum Gasteiger partial charge on any atom is -0.508 e. The zero-order valence-corrected chi connectivity index (χ0v) is 18.6. The number of aliphatic hydroxyl groups is 1. The molecule has 2 N–H and O–H groups in total. The fraction of sp³-hybridized carbons (Fsp3) is 0.320. The van der Waals surface area contributed by atoms with E-state index in [9.17, 15) is 24.6 Å². The molecule has 3 rings (SSSR count). The standard InChI is InChI=1S/C25H27NO6/c1-5-32-24(31)17-8-6-15(7-9-17)14-26-20(16-10-12-18(27)13-11-16)19(21(28)23(26)30)22(29)25(2,3)4/h6-13,20,27-28H,5,14H2,1-4H3. The number of hydrogen-bond acceptors (Lipinski definition) is 6. The summed E-state index contributed by atoms with van der Waals surface area (Å²) >= 11 is 0. The van der Waals surface area contributed by atoms with Crippen LogP contribution in [0.5, 0.6) is 5.75 Å². The number of phenolic OH excluding ortho intramolecular Hbond substituents is 1. The number of hydrogen-bond donors (Lipinski definition) is 2. The number of esters is 1. The van der Waals surface area contributed by atoms with Gasteiger partial charge in [0.05, 0.1) is 23.8 Å². The van der Waals surface area contributed by atoms with Crippen molar-refractivity contribution in [2.24, 2.45) is 5.41 Å². The van der Waals surface area contributed by atoms with Crippen molar-refractivity contribution in [3.05, 3.63) is 76.6 Å². The summed E-state index contributed by atoms with van der Waals surface area (Å²) in [6.45, 7) is 7.29. The van der Waals surface area contributed by atoms with Crippen molar-refractivity contribution in [3.8, 4) is 5.75 Å². The summed E-state index contributed by atoms with van der Waals surface area (Å²) in [6, 6.07) is 12.0. The summed E-state index contributed by atoms with van der Waals surface area (Å²) in [5.74, 6) is -1.93. The van der Waals surface area contributed by atoms with Crippen LogP contribution in [0.15, 0.2) is 59.9 Å². The van der Waals surface area contributed by atoms with E-state index in [0.29, 0.717) is 16.7 Å². The number of benzene rings is 2. The maximum absolute atomic E-state index is 13.2. The summed E-state index contributed by atoms with van der Waals surface area (Å²) in [7, 11) is 0. The molecule has 1 amide bonds. The SMILES string of the molecule is CCOC(=O)c1ccc(CN2C(=O)C(O)=C(C(=O)C(C)(C)C)C2c2ccc(O)cc2)cc1. The van der Waals surface area contributed by atoms with Gasteiger partial charge in [-0.1, -0.05) is 45.0 Å². The first-order valence-corrected chi connectivity index (χ1v) is 10.4. The van der Waals surface area contributed by atoms with Gasteiger partial charge in [-0.05, 0) is 42.3 Å². The molecule has 0 saturated carbocycles. The lowest BCUT2D eigenvalue weighted by molar-refractivity contribution is -0.130. The van der Waals surface area contributed by atoms with E-state index >= 15 is 0 Å². The lowest BCUT2D eigenvalue weighted by atomic mass is 9.82. The van der Waals surface area contributed by atoms with Crippen LogP contribution in [0.1, 0.15) is 55.2 Å². The van der Waals surface area contributed by atoms with Gasteiger partial charge in [0.1, 0.15) is 5.75 Å². The first kappa shape index (κ1) is 23.1. The summed E-state index contributed by atoms with van der Waals surface area (Å²) in [6.07, 6.45) is 0. The first-order valence-electron chi connectivity index (χ1n) is 10.4. The van der Waals surface area contributed by atoms with E-state index < -0.39 is 29.1 Å². The van der Waals surface area contributed by atoms with Gasteiger partial charge in [-0.15, -0.1) is 0 Å². The Hall–Kier alpha value is -3.61. The predicted molar refractivity (Wildman–Crippen MR) is 118 cm³/mol. The normalized spacial score (nSPS) is 16.4. The minimum atomic E-state index is -0.809. The Kier molecular flexibility index (Phi) is 6.39. The molecule has 1 aliphatic heterocycles. The van der Waals surface area contributed by atoms with Gasteiger partial charge in [-0.25, -0.2) is 4.79 Å². The molecule has 0 saturated heterocycles. The van der Waals surface area contributed by atoms with Crippen LogP contribution in [0.3, 0.4) is 0 Å². The van der Waals surface area contributed by atoms with E-state index in [4.69, 9.17) is 4.74 Å². The molecule has 7 nitrogen and oxygen atoms in total. The Labute approximate surface area is 186 Å². The molecule has 0 aliphatic carbocycles. The number of rotatable bonds is 6. The second-order valence-corrected chi connectivity index (χ2v) is 8.69. The van der Waals surface area contributed by atoms with Crippen molar-refractivity contribution < 1.29 is 29.3 Å². The lowest BCUT2D eigenvalue weighted by Crippen LogP contribution is -2.32. The van der Waals surface area contributed by atoms with Crippen LogP contribution >= 0.6 is 0 Å². The molecule has 0 aromatic heterocycles. The zero-order chi connectivity index (χ0) is 23.6. The monoisotopic (exact) mass is 437 g/mol. The highest BCUT2D eigenvalue weighted by molar-refractivity contribution is 6.10. The molecular weight excluding hydrogens is 410 g/mol. The number of nitrogens with zero attached hydrogens (tertiary/aromatic N) is 1. The summed E-state index contributed by atoms with van der Waals surface area (Å²) in [4.78, 5) is 39.5. The molecule has 2 aromatic rings. The molecule has 0 spiro atoms. The van der Waals surface area contributed by atoms with Crippen molar-refractivity contribution in [1.82, 2.24) is 4.90 Å². The maximum Gasteiger partial charge on any atom is 0.338 e. The van der Waals surface area contributed by atoms with Crippen LogP contribution in [0, 0.1) is 5.41 Å². The molecular formula is C25H27NO6. The minimum absolute atomic E-state index is 0.0383. The fourth-order valence-corrected chi connectivity index (χ4v) is 3.61.